The second-order valence-corrected chi connectivity index (χ2v) is 5.59. The molecule has 0 radical (unpaired) electrons. The Balaban J connectivity index is 2.30. The van der Waals surface area contributed by atoms with Crippen molar-refractivity contribution in [2.45, 2.75) is 6.92 Å². The number of aromatic carboxylic acids is 1. The second-order valence-electron chi connectivity index (χ2n) is 4.39. The Morgan fingerprint density at radius 1 is 1.19 bits per heavy atom. The molecular formula is C15H11BrClNO3. The molecule has 2 aromatic rings. The molecule has 0 aromatic heterocycles. The number of rotatable bonds is 3. The van der Waals surface area contributed by atoms with Crippen molar-refractivity contribution in [3.8, 4) is 0 Å². The number of carboxylic acid groups (broad SMARTS) is 1. The predicted octanol–water partition coefficient (Wildman–Crippen LogP) is 4.36. The molecule has 0 aliphatic carbocycles. The van der Waals surface area contributed by atoms with Crippen molar-refractivity contribution in [1.82, 2.24) is 0 Å². The molecule has 0 aliphatic rings. The molecule has 0 bridgehead atoms. The molecule has 2 rings (SSSR count). The summed E-state index contributed by atoms with van der Waals surface area (Å²) in [5, 5.41) is 11.8. The number of hydrogen-bond acceptors (Lipinski definition) is 2. The van der Waals surface area contributed by atoms with E-state index < -0.39 is 5.97 Å². The van der Waals surface area contributed by atoms with E-state index in [4.69, 9.17) is 16.7 Å². The fraction of sp³-hybridized carbons (Fsp3) is 0.0667. The molecule has 2 aromatic carbocycles. The third-order valence-electron chi connectivity index (χ3n) is 2.89. The van der Waals surface area contributed by atoms with Crippen LogP contribution < -0.4 is 5.32 Å². The van der Waals surface area contributed by atoms with Gasteiger partial charge in [-0.25, -0.2) is 4.79 Å². The molecule has 1 amide bonds. The monoisotopic (exact) mass is 367 g/mol. The van der Waals surface area contributed by atoms with E-state index in [9.17, 15) is 9.59 Å². The fourth-order valence-corrected chi connectivity index (χ4v) is 2.43. The van der Waals surface area contributed by atoms with Crippen LogP contribution in [0, 0.1) is 6.92 Å². The van der Waals surface area contributed by atoms with Gasteiger partial charge < -0.3 is 10.4 Å². The van der Waals surface area contributed by atoms with Gasteiger partial charge in [-0.2, -0.15) is 0 Å². The van der Waals surface area contributed by atoms with Crippen LogP contribution in [0.5, 0.6) is 0 Å². The van der Waals surface area contributed by atoms with Gasteiger partial charge in [-0.3, -0.25) is 4.79 Å². The van der Waals surface area contributed by atoms with E-state index in [0.29, 0.717) is 15.7 Å². The van der Waals surface area contributed by atoms with E-state index >= 15 is 0 Å². The topological polar surface area (TPSA) is 66.4 Å². The number of anilines is 1. The number of halogens is 2. The zero-order valence-electron chi connectivity index (χ0n) is 11.0. The van der Waals surface area contributed by atoms with E-state index in [0.717, 1.165) is 5.56 Å². The smallest absolute Gasteiger partial charge is 0.337 e. The second kappa shape index (κ2) is 6.28. The van der Waals surface area contributed by atoms with Crippen molar-refractivity contribution in [2.75, 3.05) is 5.32 Å². The van der Waals surface area contributed by atoms with Crippen molar-refractivity contribution in [1.29, 1.82) is 0 Å². The lowest BCUT2D eigenvalue weighted by atomic mass is 10.1. The summed E-state index contributed by atoms with van der Waals surface area (Å²) in [7, 11) is 0. The standard InChI is InChI=1S/C15H11BrClNO3/c1-8-3-2-4-10(13(8)16)14(19)18-9-5-6-12(17)11(7-9)15(20)21/h2-7H,1H3,(H,18,19)(H,20,21). The number of hydrogen-bond donors (Lipinski definition) is 2. The zero-order chi connectivity index (χ0) is 15.6. The molecule has 0 saturated carbocycles. The van der Waals surface area contributed by atoms with E-state index in [1.54, 1.807) is 18.2 Å². The molecule has 0 fully saturated rings. The summed E-state index contributed by atoms with van der Waals surface area (Å²) in [5.74, 6) is -1.47. The van der Waals surface area contributed by atoms with E-state index in [-0.39, 0.29) is 16.5 Å². The molecule has 21 heavy (non-hydrogen) atoms. The SMILES string of the molecule is Cc1cccc(C(=O)Nc2ccc(Cl)c(C(=O)O)c2)c1Br. The van der Waals surface area contributed by atoms with E-state index in [1.165, 1.54) is 12.1 Å². The fourth-order valence-electron chi connectivity index (χ4n) is 1.79. The molecule has 108 valence electrons. The van der Waals surface area contributed by atoms with Crippen molar-refractivity contribution in [2.24, 2.45) is 0 Å². The van der Waals surface area contributed by atoms with Gasteiger partial charge in [0.15, 0.2) is 0 Å². The number of aryl methyl sites for hydroxylation is 1. The first-order chi connectivity index (χ1) is 9.90. The van der Waals surface area contributed by atoms with Crippen LogP contribution in [0.25, 0.3) is 0 Å². The van der Waals surface area contributed by atoms with Gasteiger partial charge in [0, 0.05) is 10.2 Å². The molecule has 0 atom stereocenters. The zero-order valence-corrected chi connectivity index (χ0v) is 13.3. The highest BCUT2D eigenvalue weighted by molar-refractivity contribution is 9.10. The lowest BCUT2D eigenvalue weighted by Crippen LogP contribution is -2.13. The Morgan fingerprint density at radius 3 is 2.57 bits per heavy atom. The molecular weight excluding hydrogens is 358 g/mol. The van der Waals surface area contributed by atoms with Crippen LogP contribution in [0.3, 0.4) is 0 Å². The van der Waals surface area contributed by atoms with Gasteiger partial charge in [-0.15, -0.1) is 0 Å². The molecule has 0 spiro atoms. The lowest BCUT2D eigenvalue weighted by molar-refractivity contribution is 0.0696. The average Bonchev–Trinajstić information content (AvgIpc) is 2.43. The molecule has 0 saturated heterocycles. The summed E-state index contributed by atoms with van der Waals surface area (Å²) in [4.78, 5) is 23.3. The van der Waals surface area contributed by atoms with Crippen LogP contribution in [-0.4, -0.2) is 17.0 Å². The lowest BCUT2D eigenvalue weighted by Gasteiger charge is -2.09. The third kappa shape index (κ3) is 3.43. The van der Waals surface area contributed by atoms with Crippen LogP contribution in [0.4, 0.5) is 5.69 Å². The number of amides is 1. The van der Waals surface area contributed by atoms with Gasteiger partial charge in [0.05, 0.1) is 16.1 Å². The molecule has 0 heterocycles. The first-order valence-corrected chi connectivity index (χ1v) is 7.16. The van der Waals surface area contributed by atoms with E-state index in [2.05, 4.69) is 21.2 Å². The van der Waals surface area contributed by atoms with Crippen LogP contribution in [-0.2, 0) is 0 Å². The quantitative estimate of drug-likeness (QED) is 0.846. The van der Waals surface area contributed by atoms with Crippen LogP contribution in [0.1, 0.15) is 26.3 Å². The summed E-state index contributed by atoms with van der Waals surface area (Å²) in [5.41, 5.74) is 1.72. The molecule has 4 nitrogen and oxygen atoms in total. The Morgan fingerprint density at radius 2 is 1.90 bits per heavy atom. The van der Waals surface area contributed by atoms with Crippen molar-refractivity contribution in [3.05, 3.63) is 62.6 Å². The third-order valence-corrected chi connectivity index (χ3v) is 4.27. The summed E-state index contributed by atoms with van der Waals surface area (Å²) in [6.45, 7) is 1.88. The maximum atomic E-state index is 12.2. The highest BCUT2D eigenvalue weighted by Crippen LogP contribution is 2.24. The minimum atomic E-state index is -1.15. The molecule has 0 aliphatic heterocycles. The highest BCUT2D eigenvalue weighted by atomic mass is 79.9. The van der Waals surface area contributed by atoms with Gasteiger partial charge in [0.1, 0.15) is 0 Å². The molecule has 2 N–H and O–H groups in total. The Kier molecular flexibility index (Phi) is 4.65. The summed E-state index contributed by atoms with van der Waals surface area (Å²) in [6.07, 6.45) is 0. The maximum Gasteiger partial charge on any atom is 0.337 e. The molecule has 6 heteroatoms. The minimum absolute atomic E-state index is 0.0576. The van der Waals surface area contributed by atoms with Crippen LogP contribution >= 0.6 is 27.5 Å². The van der Waals surface area contributed by atoms with Gasteiger partial charge in [0.2, 0.25) is 0 Å². The van der Waals surface area contributed by atoms with Crippen molar-refractivity contribution < 1.29 is 14.7 Å². The van der Waals surface area contributed by atoms with Gasteiger partial charge in [0.25, 0.3) is 5.91 Å². The van der Waals surface area contributed by atoms with Gasteiger partial charge in [-0.1, -0.05) is 23.7 Å². The van der Waals surface area contributed by atoms with Crippen LogP contribution in [0.2, 0.25) is 5.02 Å². The first kappa shape index (κ1) is 15.5. The Hall–Kier alpha value is -1.85. The number of benzene rings is 2. The van der Waals surface area contributed by atoms with E-state index in [1.807, 2.05) is 13.0 Å². The van der Waals surface area contributed by atoms with Crippen molar-refractivity contribution >= 4 is 45.1 Å². The summed E-state index contributed by atoms with van der Waals surface area (Å²) in [6, 6.07) is 9.65. The Bertz CT molecular complexity index is 731. The average molecular weight is 369 g/mol. The maximum absolute atomic E-state index is 12.2. The molecule has 0 unspecified atom stereocenters. The number of carboxylic acids is 1. The first-order valence-electron chi connectivity index (χ1n) is 5.99. The Labute approximate surface area is 134 Å². The minimum Gasteiger partial charge on any atom is -0.478 e. The predicted molar refractivity (Wildman–Crippen MR) is 85.2 cm³/mol. The van der Waals surface area contributed by atoms with Gasteiger partial charge in [-0.05, 0) is 52.7 Å². The summed E-state index contributed by atoms with van der Waals surface area (Å²) >= 11 is 9.16. The largest absolute Gasteiger partial charge is 0.478 e. The van der Waals surface area contributed by atoms with Crippen molar-refractivity contribution in [3.63, 3.8) is 0 Å². The number of carbonyl (C=O) groups excluding carboxylic acids is 1. The highest BCUT2D eigenvalue weighted by Gasteiger charge is 2.14. The normalized spacial score (nSPS) is 10.2. The number of carbonyl (C=O) groups is 2. The van der Waals surface area contributed by atoms with Crippen LogP contribution in [0.15, 0.2) is 40.9 Å². The number of nitrogens with one attached hydrogen (secondary N) is 1. The summed E-state index contributed by atoms with van der Waals surface area (Å²) < 4.78 is 0.704. The van der Waals surface area contributed by atoms with Gasteiger partial charge >= 0.3 is 5.97 Å².